The van der Waals surface area contributed by atoms with E-state index in [4.69, 9.17) is 27.1 Å². The summed E-state index contributed by atoms with van der Waals surface area (Å²) in [7, 11) is 0. The smallest absolute Gasteiger partial charge is 0.449 e. The van der Waals surface area contributed by atoms with E-state index in [2.05, 4.69) is 15.5 Å². The number of hydrogen-bond donors (Lipinski definition) is 4. The summed E-state index contributed by atoms with van der Waals surface area (Å²) in [5.74, 6) is 0.420. The molecule has 0 bridgehead atoms. The van der Waals surface area contributed by atoms with Gasteiger partial charge >= 0.3 is 24.4 Å². The van der Waals surface area contributed by atoms with Gasteiger partial charge in [0, 0.05) is 50.4 Å². The van der Waals surface area contributed by atoms with Crippen molar-refractivity contribution in [2.75, 3.05) is 50.3 Å². The number of anilines is 2. The Kier molecular flexibility index (Phi) is 11.5. The minimum atomic E-state index is -4.77. The van der Waals surface area contributed by atoms with Gasteiger partial charge in [0.15, 0.2) is 0 Å². The molecule has 56 heavy (non-hydrogen) atoms. The molecule has 2 saturated heterocycles. The Morgan fingerprint density at radius 3 is 2.52 bits per heavy atom. The third kappa shape index (κ3) is 8.76. The highest BCUT2D eigenvalue weighted by molar-refractivity contribution is 6.33. The summed E-state index contributed by atoms with van der Waals surface area (Å²) in [4.78, 5) is 49.4. The lowest BCUT2D eigenvalue weighted by molar-refractivity contribution is -0.137. The van der Waals surface area contributed by atoms with Gasteiger partial charge in [-0.25, -0.2) is 19.4 Å². The van der Waals surface area contributed by atoms with Crippen molar-refractivity contribution in [2.45, 2.75) is 69.8 Å². The zero-order valence-corrected chi connectivity index (χ0v) is 31.4. The molecule has 0 aliphatic carbocycles. The lowest BCUT2D eigenvalue weighted by atomic mass is 10.0. The maximum absolute atomic E-state index is 14.1. The van der Waals surface area contributed by atoms with E-state index in [0.29, 0.717) is 62.3 Å². The second-order valence-electron chi connectivity index (χ2n) is 14.5. The maximum Gasteiger partial charge on any atom is 0.511 e. The molecule has 1 atom stereocenters. The minimum absolute atomic E-state index is 0.0452. The molecule has 1 unspecified atom stereocenters. The van der Waals surface area contributed by atoms with Crippen molar-refractivity contribution < 1.29 is 37.4 Å². The number of para-hydroxylation sites is 1. The second-order valence-corrected chi connectivity index (χ2v) is 14.9. The number of ether oxygens (including phenoxy) is 1. The van der Waals surface area contributed by atoms with Gasteiger partial charge in [-0.2, -0.15) is 13.2 Å². The largest absolute Gasteiger partial charge is 0.511 e. The van der Waals surface area contributed by atoms with Gasteiger partial charge in [-0.05, 0) is 99.6 Å². The molecule has 13 nitrogen and oxygen atoms in total. The standard InChI is InChI=1S/C39H44ClF3N8O5/c40-29-21-24(20-28(34(29)44)39(41,42)43)22-32(35-45-31-23-27(56-38(54)55)8-9-33(31)51(35)16-5-15-48-13-3-4-14-48)47-36(52)49-17-11-26(12-18-49)50-19-10-25-6-1-2-7-30(25)46-37(50)53/h1-2,6-9,20-21,23,26,32H,3-5,10-19,22,44H2,(H,46,53)(H,47,52)(H,54,55). The fraction of sp³-hybridized carbons (Fsp3) is 0.436. The van der Waals surface area contributed by atoms with Crippen molar-refractivity contribution in [1.29, 1.82) is 0 Å². The average Bonchev–Trinajstić information content (AvgIpc) is 3.76. The molecule has 0 radical (unpaired) electrons. The van der Waals surface area contributed by atoms with Gasteiger partial charge in [0.25, 0.3) is 0 Å². The normalized spacial score (nSPS) is 17.4. The third-order valence-electron chi connectivity index (χ3n) is 10.9. The first kappa shape index (κ1) is 39.0. The van der Waals surface area contributed by atoms with E-state index in [0.717, 1.165) is 56.2 Å². The Balaban J connectivity index is 1.16. The number of aryl methyl sites for hydroxylation is 1. The number of carboxylic acid groups (broad SMARTS) is 1. The van der Waals surface area contributed by atoms with Crippen LogP contribution in [0.15, 0.2) is 54.6 Å². The summed E-state index contributed by atoms with van der Waals surface area (Å²) in [5.41, 5.74) is 7.16. The number of rotatable bonds is 10. The first-order valence-electron chi connectivity index (χ1n) is 18.8. The van der Waals surface area contributed by atoms with Gasteiger partial charge < -0.3 is 45.5 Å². The number of nitrogen functional groups attached to an aromatic ring is 1. The second kappa shape index (κ2) is 16.5. The predicted octanol–water partition coefficient (Wildman–Crippen LogP) is 7.38. The molecular weight excluding hydrogens is 753 g/mol. The molecule has 1 aromatic heterocycles. The zero-order valence-electron chi connectivity index (χ0n) is 30.7. The minimum Gasteiger partial charge on any atom is -0.449 e. The van der Waals surface area contributed by atoms with E-state index >= 15 is 0 Å². The van der Waals surface area contributed by atoms with Crippen molar-refractivity contribution in [3.05, 3.63) is 82.1 Å². The number of aromatic nitrogens is 2. The summed E-state index contributed by atoms with van der Waals surface area (Å²) in [6.07, 6.45) is -1.65. The summed E-state index contributed by atoms with van der Waals surface area (Å²) in [6.45, 7) is 4.50. The molecular formula is C39H44ClF3N8O5. The van der Waals surface area contributed by atoms with Crippen LogP contribution in [0.1, 0.15) is 60.7 Å². The molecule has 5 N–H and O–H groups in total. The van der Waals surface area contributed by atoms with Crippen LogP contribution in [0.3, 0.4) is 0 Å². The van der Waals surface area contributed by atoms with Crippen LogP contribution in [0.4, 0.5) is 38.9 Å². The lowest BCUT2D eigenvalue weighted by Crippen LogP contribution is -2.52. The number of benzene rings is 3. The Morgan fingerprint density at radius 2 is 1.79 bits per heavy atom. The van der Waals surface area contributed by atoms with Gasteiger partial charge in [-0.15, -0.1) is 0 Å². The number of fused-ring (bicyclic) bond motifs is 2. The van der Waals surface area contributed by atoms with Crippen LogP contribution in [0, 0.1) is 0 Å². The Labute approximate surface area is 326 Å². The van der Waals surface area contributed by atoms with Crippen LogP contribution in [-0.2, 0) is 25.6 Å². The number of halogens is 4. The molecule has 4 aromatic rings. The first-order valence-corrected chi connectivity index (χ1v) is 19.2. The Morgan fingerprint density at radius 1 is 1.04 bits per heavy atom. The van der Waals surface area contributed by atoms with Crippen molar-refractivity contribution in [3.8, 4) is 5.75 Å². The van der Waals surface area contributed by atoms with Crippen molar-refractivity contribution in [2.24, 2.45) is 0 Å². The Hall–Kier alpha value is -5.22. The lowest BCUT2D eigenvalue weighted by Gasteiger charge is -2.38. The van der Waals surface area contributed by atoms with Gasteiger partial charge in [0.2, 0.25) is 0 Å². The summed E-state index contributed by atoms with van der Waals surface area (Å²) >= 11 is 6.25. The van der Waals surface area contributed by atoms with Crippen LogP contribution in [-0.4, -0.2) is 92.9 Å². The van der Waals surface area contributed by atoms with Gasteiger partial charge in [-0.1, -0.05) is 29.8 Å². The number of hydrogen-bond acceptors (Lipinski definition) is 7. The van der Waals surface area contributed by atoms with E-state index in [1.807, 2.05) is 33.7 Å². The quantitative estimate of drug-likeness (QED) is 0.0736. The van der Waals surface area contributed by atoms with E-state index in [9.17, 15) is 32.7 Å². The molecule has 7 rings (SSSR count). The number of carbonyl (C=O) groups is 3. The number of piperidine rings is 1. The number of nitrogens with zero attached hydrogens (tertiary/aromatic N) is 5. The Bertz CT molecular complexity index is 2100. The van der Waals surface area contributed by atoms with Crippen molar-refractivity contribution >= 4 is 52.2 Å². The van der Waals surface area contributed by atoms with E-state index in [1.165, 1.54) is 18.2 Å². The molecule has 4 heterocycles. The highest BCUT2D eigenvalue weighted by Crippen LogP contribution is 2.39. The highest BCUT2D eigenvalue weighted by atomic mass is 35.5. The molecule has 3 aromatic carbocycles. The van der Waals surface area contributed by atoms with Crippen LogP contribution in [0.5, 0.6) is 5.75 Å². The van der Waals surface area contributed by atoms with E-state index in [-0.39, 0.29) is 34.8 Å². The summed E-state index contributed by atoms with van der Waals surface area (Å²) in [6, 6.07) is 13.0. The van der Waals surface area contributed by atoms with Crippen molar-refractivity contribution in [1.82, 2.24) is 29.6 Å². The van der Waals surface area contributed by atoms with Crippen molar-refractivity contribution in [3.63, 3.8) is 0 Å². The zero-order chi connectivity index (χ0) is 39.6. The molecule has 4 amide bonds. The molecule has 3 aliphatic heterocycles. The number of amides is 4. The number of nitrogens with two attached hydrogens (primary N) is 1. The molecule has 0 spiro atoms. The van der Waals surface area contributed by atoms with Crippen LogP contribution in [0.25, 0.3) is 11.0 Å². The first-order chi connectivity index (χ1) is 26.8. The average molecular weight is 797 g/mol. The number of urea groups is 2. The van der Waals surface area contributed by atoms with Crippen LogP contribution in [0.2, 0.25) is 5.02 Å². The van der Waals surface area contributed by atoms with Crippen LogP contribution >= 0.6 is 11.6 Å². The SMILES string of the molecule is Nc1c(Cl)cc(CC(NC(=O)N2CCC(N3CCc4ccccc4NC3=O)CC2)c2nc3cc(OC(=O)O)ccc3n2CCCN2CCCC2)cc1C(F)(F)F. The van der Waals surface area contributed by atoms with E-state index in [1.54, 1.807) is 11.0 Å². The number of carbonyl (C=O) groups excluding carboxylic acids is 2. The number of alkyl halides is 3. The number of likely N-dealkylation sites (tertiary alicyclic amines) is 2. The maximum atomic E-state index is 14.1. The molecule has 17 heteroatoms. The number of imidazole rings is 1. The predicted molar refractivity (Wildman–Crippen MR) is 205 cm³/mol. The van der Waals surface area contributed by atoms with Gasteiger partial charge in [-0.3, -0.25) is 0 Å². The summed E-state index contributed by atoms with van der Waals surface area (Å²) < 4.78 is 49.1. The molecule has 3 aliphatic rings. The summed E-state index contributed by atoms with van der Waals surface area (Å²) in [5, 5.41) is 15.1. The fourth-order valence-electron chi connectivity index (χ4n) is 8.08. The van der Waals surface area contributed by atoms with E-state index < -0.39 is 35.7 Å². The molecule has 2 fully saturated rings. The van der Waals surface area contributed by atoms with Gasteiger partial charge in [0.05, 0.1) is 33.3 Å². The molecule has 0 saturated carbocycles. The van der Waals surface area contributed by atoms with Gasteiger partial charge in [0.1, 0.15) is 11.6 Å². The number of nitrogens with one attached hydrogen (secondary N) is 2. The monoisotopic (exact) mass is 796 g/mol. The van der Waals surface area contributed by atoms with Crippen LogP contribution < -0.4 is 21.1 Å². The molecule has 298 valence electrons. The highest BCUT2D eigenvalue weighted by Gasteiger charge is 2.36. The topological polar surface area (TPSA) is 158 Å². The third-order valence-corrected chi connectivity index (χ3v) is 11.2. The fourth-order valence-corrected chi connectivity index (χ4v) is 8.32.